The Labute approximate surface area is 142 Å². The molecule has 3 rings (SSSR count). The Morgan fingerprint density at radius 2 is 2.08 bits per heavy atom. The van der Waals surface area contributed by atoms with Crippen LogP contribution in [-0.4, -0.2) is 46.0 Å². The molecule has 0 radical (unpaired) electrons. The molecule has 0 bridgehead atoms. The molecule has 0 atom stereocenters. The zero-order chi connectivity index (χ0) is 16.8. The van der Waals surface area contributed by atoms with E-state index in [0.29, 0.717) is 26.0 Å². The Bertz CT molecular complexity index is 770. The minimum atomic E-state index is -0.0284. The molecule has 0 unspecified atom stereocenters. The maximum atomic E-state index is 11.8. The van der Waals surface area contributed by atoms with Gasteiger partial charge in [0.1, 0.15) is 29.4 Å². The molecule has 0 aliphatic rings. The SMILES string of the molecule is COc1ccc(OCCNC(=O)CCc2nn3cnnc3s2)cc1. The van der Waals surface area contributed by atoms with E-state index in [-0.39, 0.29) is 5.91 Å². The van der Waals surface area contributed by atoms with Gasteiger partial charge in [0.25, 0.3) is 0 Å². The summed E-state index contributed by atoms with van der Waals surface area (Å²) in [4.78, 5) is 12.6. The highest BCUT2D eigenvalue weighted by atomic mass is 32.1. The summed E-state index contributed by atoms with van der Waals surface area (Å²) in [6.07, 6.45) is 2.51. The average molecular weight is 347 g/mol. The molecule has 0 saturated carbocycles. The standard InChI is InChI=1S/C15H17N5O3S/c1-22-11-2-4-12(5-3-11)23-9-8-16-13(21)6-7-14-19-20-10-17-18-15(20)24-14/h2-5,10H,6-9H2,1H3,(H,16,21). The van der Waals surface area contributed by atoms with E-state index in [1.165, 1.54) is 11.3 Å². The predicted octanol–water partition coefficient (Wildman–Crippen LogP) is 1.32. The topological polar surface area (TPSA) is 90.6 Å². The molecule has 126 valence electrons. The number of amides is 1. The predicted molar refractivity (Wildman–Crippen MR) is 88.5 cm³/mol. The molecule has 8 nitrogen and oxygen atoms in total. The summed E-state index contributed by atoms with van der Waals surface area (Å²) in [6, 6.07) is 7.31. The molecule has 0 saturated heterocycles. The highest BCUT2D eigenvalue weighted by molar-refractivity contribution is 7.16. The first-order valence-corrected chi connectivity index (χ1v) is 8.25. The van der Waals surface area contributed by atoms with Crippen LogP contribution in [-0.2, 0) is 11.2 Å². The van der Waals surface area contributed by atoms with Crippen LogP contribution in [0.15, 0.2) is 30.6 Å². The number of fused-ring (bicyclic) bond motifs is 1. The molecule has 0 aliphatic carbocycles. The Kier molecular flexibility index (Phi) is 5.22. The van der Waals surface area contributed by atoms with Crippen molar-refractivity contribution in [2.75, 3.05) is 20.3 Å². The van der Waals surface area contributed by atoms with Gasteiger partial charge in [-0.25, -0.2) is 0 Å². The van der Waals surface area contributed by atoms with E-state index in [0.717, 1.165) is 21.5 Å². The fraction of sp³-hybridized carbons (Fsp3) is 0.333. The molecule has 2 aromatic heterocycles. The van der Waals surface area contributed by atoms with Crippen LogP contribution in [0, 0.1) is 0 Å². The number of aromatic nitrogens is 4. The molecule has 0 aliphatic heterocycles. The maximum absolute atomic E-state index is 11.8. The molecular weight excluding hydrogens is 330 g/mol. The Hall–Kier alpha value is -2.68. The van der Waals surface area contributed by atoms with Gasteiger partial charge in [-0.05, 0) is 24.3 Å². The van der Waals surface area contributed by atoms with Crippen LogP contribution >= 0.6 is 11.3 Å². The third-order valence-electron chi connectivity index (χ3n) is 3.25. The van der Waals surface area contributed by atoms with Crippen molar-refractivity contribution >= 4 is 22.2 Å². The lowest BCUT2D eigenvalue weighted by atomic mass is 10.3. The van der Waals surface area contributed by atoms with Crippen molar-refractivity contribution < 1.29 is 14.3 Å². The minimum Gasteiger partial charge on any atom is -0.497 e. The van der Waals surface area contributed by atoms with E-state index in [4.69, 9.17) is 9.47 Å². The minimum absolute atomic E-state index is 0.0284. The molecule has 2 heterocycles. The Balaban J connectivity index is 1.34. The second kappa shape index (κ2) is 7.73. The van der Waals surface area contributed by atoms with Crippen LogP contribution in [0.5, 0.6) is 11.5 Å². The van der Waals surface area contributed by atoms with E-state index in [1.54, 1.807) is 18.0 Å². The molecule has 0 fully saturated rings. The van der Waals surface area contributed by atoms with Crippen LogP contribution in [0.2, 0.25) is 0 Å². The number of aryl methyl sites for hydroxylation is 1. The van der Waals surface area contributed by atoms with Gasteiger partial charge in [0, 0.05) is 12.8 Å². The van der Waals surface area contributed by atoms with Crippen molar-refractivity contribution in [1.29, 1.82) is 0 Å². The molecule has 0 spiro atoms. The lowest BCUT2D eigenvalue weighted by Crippen LogP contribution is -2.28. The van der Waals surface area contributed by atoms with Gasteiger partial charge in [0.2, 0.25) is 10.9 Å². The number of benzene rings is 1. The van der Waals surface area contributed by atoms with Gasteiger partial charge < -0.3 is 14.8 Å². The van der Waals surface area contributed by atoms with Crippen LogP contribution in [0.1, 0.15) is 11.4 Å². The summed E-state index contributed by atoms with van der Waals surface area (Å²) in [7, 11) is 1.62. The first-order chi connectivity index (χ1) is 11.7. The number of methoxy groups -OCH3 is 1. The van der Waals surface area contributed by atoms with E-state index < -0.39 is 0 Å². The zero-order valence-corrected chi connectivity index (χ0v) is 14.0. The second-order valence-corrected chi connectivity index (χ2v) is 5.97. The number of carbonyl (C=O) groups is 1. The van der Waals surface area contributed by atoms with E-state index in [2.05, 4.69) is 20.6 Å². The number of hydrogen-bond donors (Lipinski definition) is 1. The van der Waals surface area contributed by atoms with Crippen molar-refractivity contribution in [2.24, 2.45) is 0 Å². The number of rotatable bonds is 8. The molecule has 1 amide bonds. The first kappa shape index (κ1) is 16.2. The van der Waals surface area contributed by atoms with Gasteiger partial charge in [0.15, 0.2) is 0 Å². The van der Waals surface area contributed by atoms with Gasteiger partial charge in [-0.3, -0.25) is 4.79 Å². The van der Waals surface area contributed by atoms with Crippen molar-refractivity contribution in [3.8, 4) is 11.5 Å². The van der Waals surface area contributed by atoms with Gasteiger partial charge in [-0.2, -0.15) is 9.61 Å². The lowest BCUT2D eigenvalue weighted by molar-refractivity contribution is -0.121. The number of carbonyl (C=O) groups excluding carboxylic acids is 1. The Morgan fingerprint density at radius 1 is 1.29 bits per heavy atom. The van der Waals surface area contributed by atoms with Gasteiger partial charge in [-0.1, -0.05) is 11.3 Å². The van der Waals surface area contributed by atoms with Gasteiger partial charge in [-0.15, -0.1) is 10.2 Å². The molecule has 1 aromatic carbocycles. The second-order valence-electron chi connectivity index (χ2n) is 4.93. The third kappa shape index (κ3) is 4.19. The Morgan fingerprint density at radius 3 is 2.83 bits per heavy atom. The highest BCUT2D eigenvalue weighted by Gasteiger charge is 2.08. The van der Waals surface area contributed by atoms with Crippen LogP contribution in [0.3, 0.4) is 0 Å². The van der Waals surface area contributed by atoms with Crippen molar-refractivity contribution in [1.82, 2.24) is 25.1 Å². The van der Waals surface area contributed by atoms with Gasteiger partial charge in [0.05, 0.1) is 13.7 Å². The van der Waals surface area contributed by atoms with Crippen LogP contribution in [0.4, 0.5) is 0 Å². The van der Waals surface area contributed by atoms with Crippen molar-refractivity contribution in [3.63, 3.8) is 0 Å². The fourth-order valence-corrected chi connectivity index (χ4v) is 2.86. The number of nitrogens with one attached hydrogen (secondary N) is 1. The number of nitrogens with zero attached hydrogens (tertiary/aromatic N) is 4. The van der Waals surface area contributed by atoms with Crippen molar-refractivity contribution in [3.05, 3.63) is 35.6 Å². The highest BCUT2D eigenvalue weighted by Crippen LogP contribution is 2.16. The number of ether oxygens (including phenoxy) is 2. The van der Waals surface area contributed by atoms with Crippen LogP contribution < -0.4 is 14.8 Å². The number of hydrogen-bond acceptors (Lipinski definition) is 7. The summed E-state index contributed by atoms with van der Waals surface area (Å²) in [5.41, 5.74) is 0. The molecular formula is C15H17N5O3S. The fourth-order valence-electron chi connectivity index (χ4n) is 2.04. The average Bonchev–Trinajstić information content (AvgIpc) is 3.19. The normalized spacial score (nSPS) is 10.7. The lowest BCUT2D eigenvalue weighted by Gasteiger charge is -2.08. The van der Waals surface area contributed by atoms with E-state index >= 15 is 0 Å². The smallest absolute Gasteiger partial charge is 0.234 e. The largest absolute Gasteiger partial charge is 0.497 e. The third-order valence-corrected chi connectivity index (χ3v) is 4.22. The van der Waals surface area contributed by atoms with Gasteiger partial charge >= 0.3 is 0 Å². The quantitative estimate of drug-likeness (QED) is 0.618. The summed E-state index contributed by atoms with van der Waals surface area (Å²) < 4.78 is 12.2. The van der Waals surface area contributed by atoms with E-state index in [1.807, 2.05) is 24.3 Å². The molecule has 24 heavy (non-hydrogen) atoms. The maximum Gasteiger partial charge on any atom is 0.234 e. The van der Waals surface area contributed by atoms with E-state index in [9.17, 15) is 4.79 Å². The molecule has 3 aromatic rings. The molecule has 9 heteroatoms. The summed E-state index contributed by atoms with van der Waals surface area (Å²) in [5, 5.41) is 15.6. The zero-order valence-electron chi connectivity index (χ0n) is 13.1. The first-order valence-electron chi connectivity index (χ1n) is 7.44. The molecule has 1 N–H and O–H groups in total. The summed E-state index contributed by atoms with van der Waals surface area (Å²) in [6.45, 7) is 0.866. The monoisotopic (exact) mass is 347 g/mol. The summed E-state index contributed by atoms with van der Waals surface area (Å²) >= 11 is 1.44. The summed E-state index contributed by atoms with van der Waals surface area (Å²) in [5.74, 6) is 1.49. The van der Waals surface area contributed by atoms with Crippen LogP contribution in [0.25, 0.3) is 4.96 Å². The van der Waals surface area contributed by atoms with Crippen molar-refractivity contribution in [2.45, 2.75) is 12.8 Å².